The van der Waals surface area contributed by atoms with Crippen molar-refractivity contribution in [1.82, 2.24) is 19.5 Å². The number of rotatable bonds is 3. The second-order valence-electron chi connectivity index (χ2n) is 5.37. The minimum absolute atomic E-state index is 0.0110. The fourth-order valence-electron chi connectivity index (χ4n) is 2.61. The number of ether oxygens (including phenoxy) is 2. The van der Waals surface area contributed by atoms with E-state index in [2.05, 4.69) is 15.0 Å². The molecule has 0 aromatic carbocycles. The molecule has 1 aliphatic rings. The van der Waals surface area contributed by atoms with Crippen LogP contribution in [0.15, 0.2) is 6.33 Å². The highest BCUT2D eigenvalue weighted by Gasteiger charge is 2.44. The Labute approximate surface area is 135 Å². The van der Waals surface area contributed by atoms with Crippen LogP contribution in [-0.2, 0) is 14.3 Å². The van der Waals surface area contributed by atoms with E-state index in [0.29, 0.717) is 11.2 Å². The molecule has 0 unspecified atom stereocenters. The van der Waals surface area contributed by atoms with Gasteiger partial charge in [-0.2, -0.15) is 9.97 Å². The molecular formula is C13H15ClFN5O3. The molecule has 4 atom stereocenters. The zero-order valence-corrected chi connectivity index (χ0v) is 13.2. The van der Waals surface area contributed by atoms with Gasteiger partial charge in [0.05, 0.1) is 6.33 Å². The van der Waals surface area contributed by atoms with Gasteiger partial charge in [-0.15, -0.1) is 0 Å². The first kappa shape index (κ1) is 15.9. The van der Waals surface area contributed by atoms with E-state index >= 15 is 0 Å². The summed E-state index contributed by atoms with van der Waals surface area (Å²) < 4.78 is 26.5. The monoisotopic (exact) mass is 343 g/mol. The van der Waals surface area contributed by atoms with E-state index < -0.39 is 30.4 Å². The zero-order valence-electron chi connectivity index (χ0n) is 12.4. The standard InChI is InChI=1S/C13H15ClFN5O3/c1-5-8(15)7(3-22-6(2)21)23-12(5)20-4-17-9-10(14)18-13(16)19-11(9)20/h4-5,7-8,12H,3H2,1-2H3,(H2,16,18,19)/t5-,7+,8-,12+/m0/s1. The fraction of sp³-hybridized carbons (Fsp3) is 0.538. The number of nitrogens with two attached hydrogens (primary N) is 1. The SMILES string of the molecule is CC(=O)OC[C@H]1O[C@@H](n2cnc3c(Cl)nc(N)nc32)[C@@H](C)[C@@H]1F. The highest BCUT2D eigenvalue weighted by Crippen LogP contribution is 2.38. The van der Waals surface area contributed by atoms with Crippen LogP contribution in [0.1, 0.15) is 20.1 Å². The van der Waals surface area contributed by atoms with Crippen LogP contribution >= 0.6 is 11.6 Å². The van der Waals surface area contributed by atoms with Crippen molar-refractivity contribution in [3.05, 3.63) is 11.5 Å². The van der Waals surface area contributed by atoms with Crippen molar-refractivity contribution in [1.29, 1.82) is 0 Å². The van der Waals surface area contributed by atoms with Gasteiger partial charge < -0.3 is 15.2 Å². The number of imidazole rings is 1. The summed E-state index contributed by atoms with van der Waals surface area (Å²) in [5.41, 5.74) is 6.32. The largest absolute Gasteiger partial charge is 0.463 e. The number of carbonyl (C=O) groups is 1. The second kappa shape index (κ2) is 5.89. The summed E-state index contributed by atoms with van der Waals surface area (Å²) in [6, 6.07) is 0. The molecule has 0 saturated carbocycles. The van der Waals surface area contributed by atoms with E-state index in [4.69, 9.17) is 26.8 Å². The summed E-state index contributed by atoms with van der Waals surface area (Å²) in [6.45, 7) is 2.80. The molecule has 0 aliphatic carbocycles. The minimum Gasteiger partial charge on any atom is -0.463 e. The molecule has 3 rings (SSSR count). The Balaban J connectivity index is 1.91. The van der Waals surface area contributed by atoms with Crippen molar-refractivity contribution >= 4 is 34.7 Å². The molecule has 23 heavy (non-hydrogen) atoms. The lowest BCUT2D eigenvalue weighted by Crippen LogP contribution is -2.26. The number of nitrogens with zero attached hydrogens (tertiary/aromatic N) is 4. The van der Waals surface area contributed by atoms with Crippen LogP contribution in [0.25, 0.3) is 11.2 Å². The molecule has 1 fully saturated rings. The first-order chi connectivity index (χ1) is 10.9. The highest BCUT2D eigenvalue weighted by molar-refractivity contribution is 6.33. The normalized spacial score (nSPS) is 27.5. The molecule has 2 aromatic heterocycles. The number of alkyl halides is 1. The molecule has 0 amide bonds. The van der Waals surface area contributed by atoms with Gasteiger partial charge >= 0.3 is 5.97 Å². The molecule has 8 nitrogen and oxygen atoms in total. The second-order valence-corrected chi connectivity index (χ2v) is 5.73. The van der Waals surface area contributed by atoms with Crippen LogP contribution in [-0.4, -0.2) is 44.4 Å². The first-order valence-electron chi connectivity index (χ1n) is 6.97. The quantitative estimate of drug-likeness (QED) is 0.665. The summed E-state index contributed by atoms with van der Waals surface area (Å²) in [4.78, 5) is 22.9. The van der Waals surface area contributed by atoms with E-state index in [0.717, 1.165) is 0 Å². The van der Waals surface area contributed by atoms with Gasteiger partial charge in [0.25, 0.3) is 0 Å². The summed E-state index contributed by atoms with van der Waals surface area (Å²) in [5.74, 6) is -0.997. The maximum Gasteiger partial charge on any atom is 0.302 e. The number of anilines is 1. The van der Waals surface area contributed by atoms with Gasteiger partial charge in [0.2, 0.25) is 5.95 Å². The lowest BCUT2D eigenvalue weighted by Gasteiger charge is -2.17. The van der Waals surface area contributed by atoms with Crippen molar-refractivity contribution < 1.29 is 18.7 Å². The number of carbonyl (C=O) groups excluding carboxylic acids is 1. The Hall–Kier alpha value is -2.00. The molecule has 2 aromatic rings. The molecule has 3 heterocycles. The number of nitrogen functional groups attached to an aromatic ring is 1. The summed E-state index contributed by atoms with van der Waals surface area (Å²) >= 11 is 5.98. The third-order valence-electron chi connectivity index (χ3n) is 3.74. The van der Waals surface area contributed by atoms with E-state index in [1.165, 1.54) is 13.3 Å². The smallest absolute Gasteiger partial charge is 0.302 e. The molecule has 0 radical (unpaired) electrons. The average molecular weight is 344 g/mol. The Morgan fingerprint density at radius 3 is 3.00 bits per heavy atom. The minimum atomic E-state index is -1.30. The van der Waals surface area contributed by atoms with Crippen molar-refractivity contribution in [3.63, 3.8) is 0 Å². The van der Waals surface area contributed by atoms with Gasteiger partial charge in [-0.25, -0.2) is 9.37 Å². The number of aromatic nitrogens is 4. The lowest BCUT2D eigenvalue weighted by molar-refractivity contribution is -0.146. The number of halogens is 2. The van der Waals surface area contributed by atoms with E-state index in [9.17, 15) is 9.18 Å². The Morgan fingerprint density at radius 1 is 1.57 bits per heavy atom. The van der Waals surface area contributed by atoms with Crippen molar-refractivity contribution in [3.8, 4) is 0 Å². The Kier molecular flexibility index (Phi) is 4.07. The van der Waals surface area contributed by atoms with Crippen molar-refractivity contribution in [2.75, 3.05) is 12.3 Å². The van der Waals surface area contributed by atoms with Gasteiger partial charge in [-0.05, 0) is 0 Å². The molecule has 0 spiro atoms. The number of esters is 1. The van der Waals surface area contributed by atoms with Crippen molar-refractivity contribution in [2.24, 2.45) is 5.92 Å². The van der Waals surface area contributed by atoms with Gasteiger partial charge in [-0.1, -0.05) is 18.5 Å². The molecule has 0 bridgehead atoms. The Morgan fingerprint density at radius 2 is 2.30 bits per heavy atom. The van der Waals surface area contributed by atoms with Crippen LogP contribution in [0, 0.1) is 5.92 Å². The maximum absolute atomic E-state index is 14.4. The van der Waals surface area contributed by atoms with Gasteiger partial charge in [0.15, 0.2) is 10.8 Å². The summed E-state index contributed by atoms with van der Waals surface area (Å²) in [7, 11) is 0. The van der Waals surface area contributed by atoms with Crippen LogP contribution < -0.4 is 5.73 Å². The van der Waals surface area contributed by atoms with E-state index in [1.54, 1.807) is 11.5 Å². The van der Waals surface area contributed by atoms with Crippen LogP contribution in [0.4, 0.5) is 10.3 Å². The van der Waals surface area contributed by atoms with Gasteiger partial charge in [0.1, 0.15) is 30.6 Å². The lowest BCUT2D eigenvalue weighted by atomic mass is 10.0. The topological polar surface area (TPSA) is 105 Å². The fourth-order valence-corrected chi connectivity index (χ4v) is 2.83. The molecule has 10 heteroatoms. The molecule has 2 N–H and O–H groups in total. The van der Waals surface area contributed by atoms with Crippen molar-refractivity contribution in [2.45, 2.75) is 32.4 Å². The molecular weight excluding hydrogens is 329 g/mol. The van der Waals surface area contributed by atoms with Crippen LogP contribution in [0.3, 0.4) is 0 Å². The Bertz CT molecular complexity index is 755. The number of fused-ring (bicyclic) bond motifs is 1. The third-order valence-corrected chi connectivity index (χ3v) is 4.01. The zero-order chi connectivity index (χ0) is 16.7. The molecule has 1 saturated heterocycles. The summed E-state index contributed by atoms with van der Waals surface area (Å²) in [5, 5.41) is 0.116. The molecule has 124 valence electrons. The van der Waals surface area contributed by atoms with Crippen LogP contribution in [0.5, 0.6) is 0 Å². The summed E-state index contributed by atoms with van der Waals surface area (Å²) in [6.07, 6.45) is -1.37. The highest BCUT2D eigenvalue weighted by atomic mass is 35.5. The predicted octanol–water partition coefficient (Wildman–Crippen LogP) is 1.50. The predicted molar refractivity (Wildman–Crippen MR) is 79.3 cm³/mol. The van der Waals surface area contributed by atoms with Crippen LogP contribution in [0.2, 0.25) is 5.15 Å². The number of hydrogen-bond donors (Lipinski definition) is 1. The molecule has 1 aliphatic heterocycles. The van der Waals surface area contributed by atoms with Gasteiger partial charge in [-0.3, -0.25) is 9.36 Å². The average Bonchev–Trinajstić information content (AvgIpc) is 3.00. The first-order valence-corrected chi connectivity index (χ1v) is 7.34. The van der Waals surface area contributed by atoms with E-state index in [-0.39, 0.29) is 17.7 Å². The third kappa shape index (κ3) is 2.81. The number of hydrogen-bond acceptors (Lipinski definition) is 7. The van der Waals surface area contributed by atoms with Gasteiger partial charge in [0, 0.05) is 12.8 Å². The maximum atomic E-state index is 14.4. The van der Waals surface area contributed by atoms with E-state index in [1.807, 2.05) is 0 Å².